The summed E-state index contributed by atoms with van der Waals surface area (Å²) in [6.07, 6.45) is 11.8. The van der Waals surface area contributed by atoms with E-state index < -0.39 is 0 Å². The average Bonchev–Trinajstić information content (AvgIpc) is 2.52. The van der Waals surface area contributed by atoms with Gasteiger partial charge in [0.05, 0.1) is 0 Å². The van der Waals surface area contributed by atoms with E-state index in [0.717, 1.165) is 4.90 Å². The molecule has 1 rings (SSSR count). The first-order valence-electron chi connectivity index (χ1n) is 5.87. The van der Waals surface area contributed by atoms with Gasteiger partial charge in [-0.15, -0.1) is 58.8 Å². The van der Waals surface area contributed by atoms with Gasteiger partial charge in [0.2, 0.25) is 5.12 Å². The van der Waals surface area contributed by atoms with E-state index in [0.29, 0.717) is 0 Å². The van der Waals surface area contributed by atoms with Crippen molar-refractivity contribution in [2.45, 2.75) is 29.4 Å². The lowest BCUT2D eigenvalue weighted by Gasteiger charge is -2.21. The van der Waals surface area contributed by atoms with Crippen molar-refractivity contribution in [2.24, 2.45) is 0 Å². The zero-order valence-electron chi connectivity index (χ0n) is 12.6. The van der Waals surface area contributed by atoms with Crippen molar-refractivity contribution < 1.29 is 4.79 Å². The summed E-state index contributed by atoms with van der Waals surface area (Å²) >= 11 is 10.0. The van der Waals surface area contributed by atoms with Gasteiger partial charge >= 0.3 is 0 Å². The topological polar surface area (TPSA) is 17.1 Å². The van der Waals surface area contributed by atoms with Crippen molar-refractivity contribution in [3.8, 4) is 0 Å². The summed E-state index contributed by atoms with van der Waals surface area (Å²) in [6, 6.07) is 0. The first-order chi connectivity index (χ1) is 10.1. The number of benzene rings is 1. The summed E-state index contributed by atoms with van der Waals surface area (Å²) in [7, 11) is 0. The third-order valence-electron chi connectivity index (χ3n) is 2.63. The van der Waals surface area contributed by atoms with E-state index in [9.17, 15) is 4.79 Å². The van der Waals surface area contributed by atoms with Gasteiger partial charge in [-0.2, -0.15) is 0 Å². The Morgan fingerprint density at radius 3 is 1.24 bits per heavy atom. The molecular weight excluding hydrogens is 377 g/mol. The highest BCUT2D eigenvalue weighted by atomic mass is 32.2. The van der Waals surface area contributed by atoms with Gasteiger partial charge in [-0.25, -0.2) is 0 Å². The zero-order chi connectivity index (χ0) is 16.0. The highest BCUT2D eigenvalue weighted by molar-refractivity contribution is 8.15. The second-order valence-corrected chi connectivity index (χ2v) is 8.72. The Balaban J connectivity index is 3.72. The van der Waals surface area contributed by atoms with Crippen LogP contribution in [0.3, 0.4) is 0 Å². The van der Waals surface area contributed by atoms with Crippen molar-refractivity contribution in [3.05, 3.63) is 12.7 Å². The Hall–Kier alpha value is 0.730. The molecule has 1 aromatic rings. The third kappa shape index (κ3) is 4.38. The van der Waals surface area contributed by atoms with Gasteiger partial charge in [0, 0.05) is 29.4 Å². The first-order valence-corrected chi connectivity index (χ1v) is 12.8. The molecule has 0 amide bonds. The van der Waals surface area contributed by atoms with Crippen LogP contribution < -0.4 is 0 Å². The van der Waals surface area contributed by atoms with Crippen molar-refractivity contribution in [3.63, 3.8) is 0 Å². The van der Waals surface area contributed by atoms with E-state index in [1.807, 2.05) is 0 Å². The van der Waals surface area contributed by atoms with Crippen LogP contribution in [0.25, 0.3) is 0 Å². The fourth-order valence-electron chi connectivity index (χ4n) is 1.78. The first kappa shape index (κ1) is 19.8. The number of rotatable bonds is 7. The molecule has 0 N–H and O–H groups in total. The predicted molar refractivity (Wildman–Crippen MR) is 106 cm³/mol. The highest BCUT2D eigenvalue weighted by Crippen LogP contribution is 2.52. The van der Waals surface area contributed by atoms with Crippen LogP contribution in [0, 0.1) is 0 Å². The van der Waals surface area contributed by atoms with Gasteiger partial charge in [0.25, 0.3) is 0 Å². The fourth-order valence-corrected chi connectivity index (χ4v) is 8.47. The van der Waals surface area contributed by atoms with E-state index >= 15 is 0 Å². The van der Waals surface area contributed by atoms with E-state index in [1.165, 1.54) is 42.3 Å². The highest BCUT2D eigenvalue weighted by Gasteiger charge is 2.23. The lowest BCUT2D eigenvalue weighted by atomic mass is 10.3. The molecule has 0 aliphatic rings. The Labute approximate surface area is 153 Å². The lowest BCUT2D eigenvalue weighted by molar-refractivity contribution is -0.107. The lowest BCUT2D eigenvalue weighted by Crippen LogP contribution is -1.97. The normalized spacial score (nSPS) is 10.7. The number of thioether (sulfide) groups is 6. The monoisotopic (exact) mass is 394 g/mol. The van der Waals surface area contributed by atoms with Gasteiger partial charge in [0.1, 0.15) is 0 Å². The molecule has 0 saturated heterocycles. The van der Waals surface area contributed by atoms with Gasteiger partial charge in [0.15, 0.2) is 0 Å². The van der Waals surface area contributed by atoms with E-state index in [4.69, 9.17) is 0 Å². The van der Waals surface area contributed by atoms with Crippen LogP contribution >= 0.6 is 70.6 Å². The Morgan fingerprint density at radius 2 is 1.00 bits per heavy atom. The molecule has 0 unspecified atom stereocenters. The number of hydrogen-bond acceptors (Lipinski definition) is 7. The van der Waals surface area contributed by atoms with Crippen LogP contribution in [0.4, 0.5) is 0 Å². The van der Waals surface area contributed by atoms with Gasteiger partial charge in [-0.1, -0.05) is 6.58 Å². The van der Waals surface area contributed by atoms with Crippen LogP contribution in [-0.2, 0) is 4.79 Å². The molecule has 0 atom stereocenters. The molecular formula is C14H18OS6. The summed E-state index contributed by atoms with van der Waals surface area (Å²) in [5.74, 6) is 0. The molecule has 1 nitrogen and oxygen atoms in total. The van der Waals surface area contributed by atoms with Crippen LogP contribution in [0.5, 0.6) is 0 Å². The van der Waals surface area contributed by atoms with Crippen molar-refractivity contribution in [2.75, 3.05) is 31.3 Å². The number of carbonyl (C=O) groups is 1. The van der Waals surface area contributed by atoms with Gasteiger partial charge in [-0.05, 0) is 49.1 Å². The molecule has 116 valence electrons. The van der Waals surface area contributed by atoms with Crippen molar-refractivity contribution in [1.82, 2.24) is 0 Å². The minimum absolute atomic E-state index is 0.00314. The second-order valence-electron chi connectivity index (χ2n) is 3.62. The van der Waals surface area contributed by atoms with Crippen molar-refractivity contribution >= 4 is 75.7 Å². The molecule has 7 heteroatoms. The molecule has 0 spiro atoms. The summed E-state index contributed by atoms with van der Waals surface area (Å²) in [6.45, 7) is 3.59. The molecule has 0 aliphatic heterocycles. The maximum absolute atomic E-state index is 11.9. The van der Waals surface area contributed by atoms with Crippen molar-refractivity contribution in [1.29, 1.82) is 0 Å². The number of carbonyl (C=O) groups excluding carboxylic acids is 1. The number of hydrogen-bond donors (Lipinski definition) is 0. The molecule has 0 aliphatic carbocycles. The molecule has 0 aromatic heterocycles. The molecule has 1 aromatic carbocycles. The average molecular weight is 395 g/mol. The summed E-state index contributed by atoms with van der Waals surface area (Å²) < 4.78 is 0. The van der Waals surface area contributed by atoms with E-state index in [2.05, 4.69) is 37.9 Å². The largest absolute Gasteiger partial charge is 0.282 e. The van der Waals surface area contributed by atoms with Crippen LogP contribution in [-0.4, -0.2) is 36.4 Å². The molecule has 0 bridgehead atoms. The molecule has 0 fully saturated rings. The Morgan fingerprint density at radius 1 is 0.714 bits per heavy atom. The predicted octanol–water partition coefficient (Wildman–Crippen LogP) is 6.10. The Bertz CT molecular complexity index is 508. The minimum atomic E-state index is -0.00314. The SMILES string of the molecule is C=CC(=O)Sc1c(SC)c(SC)c(SC)c(SC)c1SC. The molecule has 0 saturated carbocycles. The maximum atomic E-state index is 11.9. The molecule has 21 heavy (non-hydrogen) atoms. The molecule has 0 heterocycles. The zero-order valence-corrected chi connectivity index (χ0v) is 17.5. The van der Waals surface area contributed by atoms with Crippen LogP contribution in [0.2, 0.25) is 0 Å². The van der Waals surface area contributed by atoms with Crippen LogP contribution in [0.15, 0.2) is 42.0 Å². The van der Waals surface area contributed by atoms with Gasteiger partial charge in [-0.3, -0.25) is 4.79 Å². The minimum Gasteiger partial charge on any atom is -0.282 e. The van der Waals surface area contributed by atoms with E-state index in [-0.39, 0.29) is 5.12 Å². The third-order valence-corrected chi connectivity index (χ3v) is 8.47. The van der Waals surface area contributed by atoms with Gasteiger partial charge < -0.3 is 0 Å². The standard InChI is InChI=1S/C14H18OS6/c1-7-8(15)21-14-12(19-5)10(17-3)9(16-2)11(18-4)13(14)20-6/h7H,1H2,2-6H3. The maximum Gasteiger partial charge on any atom is 0.216 e. The summed E-state index contributed by atoms with van der Waals surface area (Å²) in [5, 5.41) is -0.00314. The Kier molecular flexibility index (Phi) is 9.21. The smallest absolute Gasteiger partial charge is 0.216 e. The fraction of sp³-hybridized carbons (Fsp3) is 0.357. The quantitative estimate of drug-likeness (QED) is 0.405. The molecule has 0 radical (unpaired) electrons. The summed E-state index contributed by atoms with van der Waals surface area (Å²) in [4.78, 5) is 19.2. The second kappa shape index (κ2) is 9.78. The van der Waals surface area contributed by atoms with E-state index in [1.54, 1.807) is 58.8 Å². The summed E-state index contributed by atoms with van der Waals surface area (Å²) in [5.41, 5.74) is 0. The van der Waals surface area contributed by atoms with Crippen LogP contribution in [0.1, 0.15) is 0 Å².